The number of rotatable bonds is 0. The molecule has 22 heavy (non-hydrogen) atoms. The third-order valence-corrected chi connectivity index (χ3v) is 4.86. The fourth-order valence-electron chi connectivity index (χ4n) is 2.34. The summed E-state index contributed by atoms with van der Waals surface area (Å²) >= 11 is 24.0. The van der Waals surface area contributed by atoms with E-state index in [-0.39, 0.29) is 53.7 Å². The summed E-state index contributed by atoms with van der Waals surface area (Å²) in [6.07, 6.45) is 0. The molecule has 4 nitrogen and oxygen atoms in total. The molecule has 0 saturated heterocycles. The Morgan fingerprint density at radius 2 is 1.00 bits per heavy atom. The van der Waals surface area contributed by atoms with Gasteiger partial charge in [-0.05, 0) is 12.1 Å². The molecule has 0 aliphatic heterocycles. The number of halogens is 4. The number of fused-ring (bicyclic) bond motifs is 2. The predicted octanol–water partition coefficient (Wildman–Crippen LogP) is 4.24. The van der Waals surface area contributed by atoms with Crippen molar-refractivity contribution in [1.29, 1.82) is 0 Å². The lowest BCUT2D eigenvalue weighted by Gasteiger charge is -2.22. The van der Waals surface area contributed by atoms with E-state index < -0.39 is 11.6 Å². The second-order valence-corrected chi connectivity index (χ2v) is 6.25. The van der Waals surface area contributed by atoms with Crippen molar-refractivity contribution in [3.63, 3.8) is 0 Å². The molecule has 0 spiro atoms. The number of hydrogen-bond acceptors (Lipinski definition) is 4. The van der Waals surface area contributed by atoms with Gasteiger partial charge < -0.3 is 11.5 Å². The Bertz CT molecular complexity index is 820. The quantitative estimate of drug-likeness (QED) is 0.575. The number of carbonyl (C=O) groups excluding carboxylic acids is 2. The fraction of sp³-hybridized carbons (Fsp3) is 0. The third-order valence-electron chi connectivity index (χ3n) is 3.45. The lowest BCUT2D eigenvalue weighted by Crippen LogP contribution is -2.23. The molecule has 2 aromatic carbocycles. The molecule has 1 aliphatic carbocycles. The van der Waals surface area contributed by atoms with E-state index in [2.05, 4.69) is 0 Å². The number of nitrogens with two attached hydrogens (primary N) is 2. The summed E-state index contributed by atoms with van der Waals surface area (Å²) in [6, 6.07) is 2.59. The van der Waals surface area contributed by atoms with Crippen LogP contribution in [-0.4, -0.2) is 11.6 Å². The molecule has 0 saturated carbocycles. The van der Waals surface area contributed by atoms with Gasteiger partial charge in [-0.3, -0.25) is 9.59 Å². The van der Waals surface area contributed by atoms with Crippen LogP contribution in [0.15, 0.2) is 12.1 Å². The predicted molar refractivity (Wildman–Crippen MR) is 88.6 cm³/mol. The Hall–Kier alpha value is -1.46. The van der Waals surface area contributed by atoms with Crippen molar-refractivity contribution in [2.45, 2.75) is 0 Å². The van der Waals surface area contributed by atoms with E-state index >= 15 is 0 Å². The summed E-state index contributed by atoms with van der Waals surface area (Å²) in [5.41, 5.74) is 11.5. The van der Waals surface area contributed by atoms with Gasteiger partial charge in [0.1, 0.15) is 0 Å². The maximum Gasteiger partial charge on any atom is 0.196 e. The van der Waals surface area contributed by atoms with Crippen molar-refractivity contribution in [3.05, 3.63) is 54.5 Å². The minimum atomic E-state index is -0.512. The largest absolute Gasteiger partial charge is 0.396 e. The standard InChI is InChI=1S/C14H6Cl4N2O2/c15-5-1-3-7(9(17)11(5)19)14(22)4-2-6(16)12(20)10(18)8(4)13(3)21/h1-2H,19-20H2. The first-order valence-corrected chi connectivity index (χ1v) is 7.41. The smallest absolute Gasteiger partial charge is 0.196 e. The molecule has 1 aliphatic rings. The molecule has 8 heteroatoms. The first-order chi connectivity index (χ1) is 10.3. The Balaban J connectivity index is 2.43. The molecular weight excluding hydrogens is 370 g/mol. The van der Waals surface area contributed by atoms with Crippen molar-refractivity contribution >= 4 is 69.3 Å². The molecule has 0 heterocycles. The third kappa shape index (κ3) is 1.92. The Labute approximate surface area is 144 Å². The summed E-state index contributed by atoms with van der Waals surface area (Å²) < 4.78 is 0. The highest BCUT2D eigenvalue weighted by Crippen LogP contribution is 2.43. The van der Waals surface area contributed by atoms with Crippen molar-refractivity contribution in [3.8, 4) is 0 Å². The van der Waals surface area contributed by atoms with Gasteiger partial charge in [-0.15, -0.1) is 0 Å². The molecule has 0 bridgehead atoms. The van der Waals surface area contributed by atoms with E-state index in [1.165, 1.54) is 12.1 Å². The second-order valence-electron chi connectivity index (χ2n) is 4.68. The Morgan fingerprint density at radius 1 is 0.682 bits per heavy atom. The van der Waals surface area contributed by atoms with E-state index in [4.69, 9.17) is 57.9 Å². The molecule has 0 aromatic heterocycles. The number of ketones is 2. The summed E-state index contributed by atoms with van der Waals surface area (Å²) in [4.78, 5) is 25.3. The lowest BCUT2D eigenvalue weighted by molar-refractivity contribution is 0.0979. The van der Waals surface area contributed by atoms with Crippen molar-refractivity contribution in [2.75, 3.05) is 11.5 Å². The summed E-state index contributed by atoms with van der Waals surface area (Å²) in [5.74, 6) is -1.02. The maximum atomic E-state index is 12.7. The van der Waals surface area contributed by atoms with Crippen LogP contribution in [0, 0.1) is 0 Å². The van der Waals surface area contributed by atoms with Crippen LogP contribution in [0.5, 0.6) is 0 Å². The normalized spacial score (nSPS) is 13.1. The number of nitrogen functional groups attached to an aromatic ring is 2. The van der Waals surface area contributed by atoms with Gasteiger partial charge in [-0.25, -0.2) is 0 Å². The Kier molecular flexibility index (Phi) is 3.53. The van der Waals surface area contributed by atoms with Crippen LogP contribution in [0.1, 0.15) is 31.8 Å². The molecule has 0 fully saturated rings. The van der Waals surface area contributed by atoms with Crippen molar-refractivity contribution < 1.29 is 9.59 Å². The number of hydrogen-bond donors (Lipinski definition) is 2. The fourth-order valence-corrected chi connectivity index (χ4v) is 3.42. The van der Waals surface area contributed by atoms with Gasteiger partial charge in [0.25, 0.3) is 0 Å². The van der Waals surface area contributed by atoms with Crippen molar-refractivity contribution in [1.82, 2.24) is 0 Å². The zero-order valence-electron chi connectivity index (χ0n) is 10.6. The Morgan fingerprint density at radius 3 is 1.32 bits per heavy atom. The molecule has 0 unspecified atom stereocenters. The van der Waals surface area contributed by atoms with Crippen LogP contribution in [0.4, 0.5) is 11.4 Å². The average Bonchev–Trinajstić information content (AvgIpc) is 2.47. The van der Waals surface area contributed by atoms with Crippen LogP contribution >= 0.6 is 46.4 Å². The van der Waals surface area contributed by atoms with Crippen LogP contribution < -0.4 is 11.5 Å². The van der Waals surface area contributed by atoms with Gasteiger partial charge in [0.2, 0.25) is 0 Å². The SMILES string of the molecule is Nc1c(Cl)cc2c(c1Cl)C(=O)c1cc(Cl)c(N)c(Cl)c1C2=O. The van der Waals surface area contributed by atoms with Gasteiger partial charge in [-0.1, -0.05) is 46.4 Å². The first-order valence-electron chi connectivity index (χ1n) is 5.90. The highest BCUT2D eigenvalue weighted by atomic mass is 35.5. The minimum Gasteiger partial charge on any atom is -0.396 e. The van der Waals surface area contributed by atoms with Gasteiger partial charge >= 0.3 is 0 Å². The second kappa shape index (κ2) is 5.03. The summed E-state index contributed by atoms with van der Waals surface area (Å²) in [7, 11) is 0. The zero-order valence-corrected chi connectivity index (χ0v) is 13.7. The molecule has 0 atom stereocenters. The first kappa shape index (κ1) is 15.4. The molecule has 3 rings (SSSR count). The van der Waals surface area contributed by atoms with Gasteiger partial charge in [0.05, 0.1) is 42.6 Å². The minimum absolute atomic E-state index is 0.0158. The zero-order chi connectivity index (χ0) is 16.3. The van der Waals surface area contributed by atoms with Crippen molar-refractivity contribution in [2.24, 2.45) is 0 Å². The highest BCUT2D eigenvalue weighted by molar-refractivity contribution is 6.47. The van der Waals surface area contributed by atoms with Crippen LogP contribution in [0.2, 0.25) is 20.1 Å². The van der Waals surface area contributed by atoms with Crippen LogP contribution in [-0.2, 0) is 0 Å². The van der Waals surface area contributed by atoms with E-state index in [1.54, 1.807) is 0 Å². The monoisotopic (exact) mass is 374 g/mol. The van der Waals surface area contributed by atoms with E-state index in [0.29, 0.717) is 0 Å². The average molecular weight is 376 g/mol. The van der Waals surface area contributed by atoms with E-state index in [0.717, 1.165) is 0 Å². The number of carbonyl (C=O) groups is 2. The summed E-state index contributed by atoms with van der Waals surface area (Å²) in [6.45, 7) is 0. The maximum absolute atomic E-state index is 12.7. The highest BCUT2D eigenvalue weighted by Gasteiger charge is 2.36. The molecule has 0 radical (unpaired) electrons. The number of anilines is 2. The van der Waals surface area contributed by atoms with Crippen LogP contribution in [0.3, 0.4) is 0 Å². The lowest BCUT2D eigenvalue weighted by atomic mass is 9.83. The summed E-state index contributed by atoms with van der Waals surface area (Å²) in [5, 5.41) is 0.00366. The topological polar surface area (TPSA) is 86.2 Å². The molecule has 2 aromatic rings. The molecule has 112 valence electrons. The van der Waals surface area contributed by atoms with Crippen LogP contribution in [0.25, 0.3) is 0 Å². The van der Waals surface area contributed by atoms with E-state index in [9.17, 15) is 9.59 Å². The van der Waals surface area contributed by atoms with E-state index in [1.807, 2.05) is 0 Å². The molecule has 4 N–H and O–H groups in total. The number of benzene rings is 2. The van der Waals surface area contributed by atoms with Gasteiger partial charge in [0.15, 0.2) is 11.6 Å². The molecular formula is C14H6Cl4N2O2. The molecule has 0 amide bonds. The van der Waals surface area contributed by atoms with Gasteiger partial charge in [0, 0.05) is 11.1 Å². The van der Waals surface area contributed by atoms with Gasteiger partial charge in [-0.2, -0.15) is 0 Å².